The SMILES string of the molecule is COc1ccc(SC2CCOC(c3cccnc3)C2)cc1. The van der Waals surface area contributed by atoms with Gasteiger partial charge in [0.2, 0.25) is 0 Å². The summed E-state index contributed by atoms with van der Waals surface area (Å²) >= 11 is 1.93. The molecule has 1 fully saturated rings. The largest absolute Gasteiger partial charge is 0.497 e. The van der Waals surface area contributed by atoms with Crippen molar-refractivity contribution < 1.29 is 9.47 Å². The van der Waals surface area contributed by atoms with Crippen LogP contribution in [0.4, 0.5) is 0 Å². The minimum absolute atomic E-state index is 0.170. The molecule has 2 heterocycles. The normalized spacial score (nSPS) is 22.0. The van der Waals surface area contributed by atoms with Gasteiger partial charge in [0.25, 0.3) is 0 Å². The zero-order valence-corrected chi connectivity index (χ0v) is 12.9. The predicted molar refractivity (Wildman–Crippen MR) is 84.8 cm³/mol. The highest BCUT2D eigenvalue weighted by Crippen LogP contribution is 2.37. The Morgan fingerprint density at radius 2 is 2.10 bits per heavy atom. The first-order chi connectivity index (χ1) is 10.3. The molecule has 3 rings (SSSR count). The van der Waals surface area contributed by atoms with Gasteiger partial charge in [0, 0.05) is 29.1 Å². The van der Waals surface area contributed by atoms with Gasteiger partial charge in [-0.3, -0.25) is 4.98 Å². The Balaban J connectivity index is 1.63. The molecule has 0 N–H and O–H groups in total. The second-order valence-electron chi connectivity index (χ2n) is 5.09. The van der Waals surface area contributed by atoms with Crippen LogP contribution >= 0.6 is 11.8 Å². The lowest BCUT2D eigenvalue weighted by Crippen LogP contribution is -2.21. The van der Waals surface area contributed by atoms with Gasteiger partial charge >= 0.3 is 0 Å². The van der Waals surface area contributed by atoms with Crippen molar-refractivity contribution in [1.82, 2.24) is 4.98 Å². The third kappa shape index (κ3) is 3.77. The third-order valence-electron chi connectivity index (χ3n) is 3.65. The van der Waals surface area contributed by atoms with Crippen LogP contribution in [0, 0.1) is 0 Å². The van der Waals surface area contributed by atoms with Crippen LogP contribution in [0.3, 0.4) is 0 Å². The van der Waals surface area contributed by atoms with E-state index >= 15 is 0 Å². The lowest BCUT2D eigenvalue weighted by atomic mass is 10.0. The number of pyridine rings is 1. The van der Waals surface area contributed by atoms with E-state index in [4.69, 9.17) is 9.47 Å². The quantitative estimate of drug-likeness (QED) is 0.850. The molecule has 3 nitrogen and oxygen atoms in total. The Labute approximate surface area is 129 Å². The number of ether oxygens (including phenoxy) is 2. The molecule has 2 aromatic rings. The smallest absolute Gasteiger partial charge is 0.118 e. The Bertz CT molecular complexity index is 559. The van der Waals surface area contributed by atoms with Gasteiger partial charge in [-0.05, 0) is 48.7 Å². The second-order valence-corrected chi connectivity index (χ2v) is 6.46. The molecule has 0 amide bonds. The van der Waals surface area contributed by atoms with Crippen molar-refractivity contribution in [2.45, 2.75) is 29.1 Å². The summed E-state index contributed by atoms with van der Waals surface area (Å²) in [5, 5.41) is 0.581. The maximum atomic E-state index is 5.90. The average molecular weight is 301 g/mol. The van der Waals surface area contributed by atoms with E-state index in [1.54, 1.807) is 13.3 Å². The number of methoxy groups -OCH3 is 1. The van der Waals surface area contributed by atoms with E-state index in [1.807, 2.05) is 36.2 Å². The summed E-state index contributed by atoms with van der Waals surface area (Å²) in [4.78, 5) is 5.47. The first kappa shape index (κ1) is 14.4. The fourth-order valence-electron chi connectivity index (χ4n) is 2.52. The van der Waals surface area contributed by atoms with Crippen molar-refractivity contribution in [2.75, 3.05) is 13.7 Å². The average Bonchev–Trinajstić information content (AvgIpc) is 2.57. The zero-order valence-electron chi connectivity index (χ0n) is 12.1. The lowest BCUT2D eigenvalue weighted by molar-refractivity contribution is 0.0176. The van der Waals surface area contributed by atoms with E-state index in [9.17, 15) is 0 Å². The first-order valence-electron chi connectivity index (χ1n) is 7.17. The maximum absolute atomic E-state index is 5.90. The molecule has 2 unspecified atom stereocenters. The molecule has 1 aliphatic heterocycles. The van der Waals surface area contributed by atoms with Gasteiger partial charge in [-0.1, -0.05) is 6.07 Å². The summed E-state index contributed by atoms with van der Waals surface area (Å²) in [7, 11) is 1.69. The van der Waals surface area contributed by atoms with E-state index in [1.165, 1.54) is 10.5 Å². The summed E-state index contributed by atoms with van der Waals surface area (Å²) < 4.78 is 11.1. The molecule has 0 spiro atoms. The number of hydrogen-bond donors (Lipinski definition) is 0. The van der Waals surface area contributed by atoms with Crippen molar-refractivity contribution in [2.24, 2.45) is 0 Å². The number of aromatic nitrogens is 1. The van der Waals surface area contributed by atoms with Crippen LogP contribution in [0.25, 0.3) is 0 Å². The van der Waals surface area contributed by atoms with E-state index in [2.05, 4.69) is 23.2 Å². The Morgan fingerprint density at radius 1 is 1.24 bits per heavy atom. The molecule has 110 valence electrons. The van der Waals surface area contributed by atoms with Gasteiger partial charge in [-0.15, -0.1) is 11.8 Å². The second kappa shape index (κ2) is 6.96. The van der Waals surface area contributed by atoms with Gasteiger partial charge in [0.15, 0.2) is 0 Å². The molecule has 0 radical (unpaired) electrons. The third-order valence-corrected chi connectivity index (χ3v) is 4.96. The van der Waals surface area contributed by atoms with Crippen LogP contribution in [0.5, 0.6) is 5.75 Å². The number of nitrogens with zero attached hydrogens (tertiary/aromatic N) is 1. The van der Waals surface area contributed by atoms with Gasteiger partial charge in [0.1, 0.15) is 5.75 Å². The topological polar surface area (TPSA) is 31.4 Å². The van der Waals surface area contributed by atoms with Crippen LogP contribution in [-0.2, 0) is 4.74 Å². The van der Waals surface area contributed by atoms with Gasteiger partial charge < -0.3 is 9.47 Å². The van der Waals surface area contributed by atoms with Crippen molar-refractivity contribution in [3.05, 3.63) is 54.4 Å². The minimum Gasteiger partial charge on any atom is -0.497 e. The number of hydrogen-bond acceptors (Lipinski definition) is 4. The summed E-state index contributed by atoms with van der Waals surface area (Å²) in [6.07, 6.45) is 6.00. The molecule has 1 aromatic carbocycles. The van der Waals surface area contributed by atoms with Gasteiger partial charge in [-0.2, -0.15) is 0 Å². The van der Waals surface area contributed by atoms with E-state index in [0.29, 0.717) is 5.25 Å². The summed E-state index contributed by atoms with van der Waals surface area (Å²) in [6, 6.07) is 12.3. The van der Waals surface area contributed by atoms with Crippen molar-refractivity contribution in [3.8, 4) is 5.75 Å². The standard InChI is InChI=1S/C17H19NO2S/c1-19-14-4-6-15(7-5-14)21-16-8-10-20-17(11-16)13-3-2-9-18-12-13/h2-7,9,12,16-17H,8,10-11H2,1H3. The highest BCUT2D eigenvalue weighted by molar-refractivity contribution is 8.00. The number of rotatable bonds is 4. The lowest BCUT2D eigenvalue weighted by Gasteiger charge is -2.29. The van der Waals surface area contributed by atoms with Crippen molar-refractivity contribution in [3.63, 3.8) is 0 Å². The molecular weight excluding hydrogens is 282 g/mol. The van der Waals surface area contributed by atoms with E-state index in [0.717, 1.165) is 25.2 Å². The highest BCUT2D eigenvalue weighted by atomic mass is 32.2. The highest BCUT2D eigenvalue weighted by Gasteiger charge is 2.24. The summed E-state index contributed by atoms with van der Waals surface area (Å²) in [6.45, 7) is 0.813. The first-order valence-corrected chi connectivity index (χ1v) is 8.05. The fourth-order valence-corrected chi connectivity index (χ4v) is 3.68. The van der Waals surface area contributed by atoms with Crippen molar-refractivity contribution >= 4 is 11.8 Å². The van der Waals surface area contributed by atoms with Crippen LogP contribution < -0.4 is 4.74 Å². The van der Waals surface area contributed by atoms with Crippen LogP contribution in [0.15, 0.2) is 53.7 Å². The number of thioether (sulfide) groups is 1. The van der Waals surface area contributed by atoms with Crippen molar-refractivity contribution in [1.29, 1.82) is 0 Å². The zero-order chi connectivity index (χ0) is 14.5. The summed E-state index contributed by atoms with van der Waals surface area (Å²) in [5.74, 6) is 0.902. The number of benzene rings is 1. The van der Waals surface area contributed by atoms with E-state index in [-0.39, 0.29) is 6.10 Å². The molecule has 1 aliphatic rings. The predicted octanol–water partition coefficient (Wildman–Crippen LogP) is 4.10. The minimum atomic E-state index is 0.170. The molecule has 4 heteroatoms. The Kier molecular flexibility index (Phi) is 4.78. The maximum Gasteiger partial charge on any atom is 0.118 e. The molecule has 21 heavy (non-hydrogen) atoms. The fraction of sp³-hybridized carbons (Fsp3) is 0.353. The van der Waals surface area contributed by atoms with Gasteiger partial charge in [-0.25, -0.2) is 0 Å². The van der Waals surface area contributed by atoms with Crippen LogP contribution in [0.1, 0.15) is 24.5 Å². The van der Waals surface area contributed by atoms with E-state index < -0.39 is 0 Å². The molecule has 0 aliphatic carbocycles. The molecule has 2 atom stereocenters. The Morgan fingerprint density at radius 3 is 2.81 bits per heavy atom. The molecule has 1 aromatic heterocycles. The monoisotopic (exact) mass is 301 g/mol. The molecule has 0 bridgehead atoms. The molecule has 1 saturated heterocycles. The van der Waals surface area contributed by atoms with Gasteiger partial charge in [0.05, 0.1) is 13.2 Å². The molecular formula is C17H19NO2S. The molecule has 0 saturated carbocycles. The van der Waals surface area contributed by atoms with Crippen LogP contribution in [-0.4, -0.2) is 24.0 Å². The Hall–Kier alpha value is -1.52. The van der Waals surface area contributed by atoms with Crippen LogP contribution in [0.2, 0.25) is 0 Å². The summed E-state index contributed by atoms with van der Waals surface area (Å²) in [5.41, 5.74) is 1.18.